The van der Waals surface area contributed by atoms with Crippen molar-refractivity contribution < 1.29 is 14.3 Å². The van der Waals surface area contributed by atoms with Gasteiger partial charge < -0.3 is 25.6 Å². The van der Waals surface area contributed by atoms with Crippen molar-refractivity contribution in [2.45, 2.75) is 50.2 Å². The summed E-state index contributed by atoms with van der Waals surface area (Å²) in [5.41, 5.74) is 0.880. The van der Waals surface area contributed by atoms with E-state index in [9.17, 15) is 9.59 Å². The highest BCUT2D eigenvalue weighted by atomic mass is 32.1. The maximum absolute atomic E-state index is 12.4. The van der Waals surface area contributed by atoms with Gasteiger partial charge in [-0.1, -0.05) is 0 Å². The van der Waals surface area contributed by atoms with Crippen molar-refractivity contribution in [3.63, 3.8) is 0 Å². The Hall–Kier alpha value is -2.39. The number of piperazine rings is 1. The molecule has 0 aliphatic carbocycles. The lowest BCUT2D eigenvalue weighted by atomic mass is 10.0. The normalized spacial score (nSPS) is 25.6. The topological polar surface area (TPSA) is 85.9 Å². The van der Waals surface area contributed by atoms with Gasteiger partial charge in [0.05, 0.1) is 13.2 Å². The average Bonchev–Trinajstić information content (AvgIpc) is 3.44. The molecule has 3 unspecified atom stereocenters. The van der Waals surface area contributed by atoms with Crippen LogP contribution in [0.5, 0.6) is 5.75 Å². The molecule has 8 nitrogen and oxygen atoms in total. The van der Waals surface area contributed by atoms with E-state index in [4.69, 9.17) is 17.0 Å². The van der Waals surface area contributed by atoms with Gasteiger partial charge in [-0.25, -0.2) is 0 Å². The van der Waals surface area contributed by atoms with Gasteiger partial charge in [0, 0.05) is 50.4 Å². The number of likely N-dealkylation sites (tertiary alicyclic amines) is 1. The number of methoxy groups -OCH3 is 1. The highest BCUT2D eigenvalue weighted by Gasteiger charge is 2.43. The van der Waals surface area contributed by atoms with Crippen molar-refractivity contribution >= 4 is 34.8 Å². The molecule has 1 aromatic rings. The van der Waals surface area contributed by atoms with E-state index >= 15 is 0 Å². The Bertz CT molecular complexity index is 812. The summed E-state index contributed by atoms with van der Waals surface area (Å²) in [7, 11) is 1.63. The lowest BCUT2D eigenvalue weighted by Crippen LogP contribution is -2.58. The fourth-order valence-corrected chi connectivity index (χ4v) is 5.07. The molecule has 31 heavy (non-hydrogen) atoms. The molecule has 3 N–H and O–H groups in total. The van der Waals surface area contributed by atoms with Crippen molar-refractivity contribution in [1.82, 2.24) is 20.4 Å². The van der Waals surface area contributed by atoms with Crippen LogP contribution in [-0.4, -0.2) is 78.1 Å². The van der Waals surface area contributed by atoms with Gasteiger partial charge in [-0.05, 0) is 62.2 Å². The Balaban J connectivity index is 1.29. The molecule has 0 saturated carbocycles. The van der Waals surface area contributed by atoms with Crippen LogP contribution in [0, 0.1) is 0 Å². The first-order valence-corrected chi connectivity index (χ1v) is 11.5. The number of anilines is 1. The van der Waals surface area contributed by atoms with E-state index in [1.807, 2.05) is 29.2 Å². The Morgan fingerprint density at radius 2 is 2.00 bits per heavy atom. The quantitative estimate of drug-likeness (QED) is 0.570. The van der Waals surface area contributed by atoms with Gasteiger partial charge in [-0.3, -0.25) is 14.5 Å². The number of ether oxygens (including phenoxy) is 1. The molecule has 0 aromatic heterocycles. The minimum Gasteiger partial charge on any atom is -0.497 e. The van der Waals surface area contributed by atoms with E-state index in [2.05, 4.69) is 20.9 Å². The number of thiocarbonyl (C=S) groups is 1. The largest absolute Gasteiger partial charge is 0.497 e. The third-order valence-corrected chi connectivity index (χ3v) is 6.68. The number of hydrogen-bond donors (Lipinski definition) is 3. The Labute approximate surface area is 188 Å². The monoisotopic (exact) mass is 445 g/mol. The third-order valence-electron chi connectivity index (χ3n) is 6.46. The zero-order chi connectivity index (χ0) is 21.8. The molecular formula is C22H31N5O3S. The highest BCUT2D eigenvalue weighted by Crippen LogP contribution is 2.26. The van der Waals surface area contributed by atoms with Gasteiger partial charge in [0.1, 0.15) is 5.75 Å². The average molecular weight is 446 g/mol. The molecule has 3 fully saturated rings. The lowest BCUT2D eigenvalue weighted by molar-refractivity contribution is -0.131. The van der Waals surface area contributed by atoms with Crippen LogP contribution in [0.4, 0.5) is 5.69 Å². The second-order valence-corrected chi connectivity index (χ2v) is 8.91. The molecule has 3 heterocycles. The van der Waals surface area contributed by atoms with Crippen LogP contribution in [0.2, 0.25) is 0 Å². The number of fused-ring (bicyclic) bond motifs is 1. The number of rotatable bonds is 6. The Kier molecular flexibility index (Phi) is 6.92. The summed E-state index contributed by atoms with van der Waals surface area (Å²) in [6.45, 7) is 3.11. The maximum Gasteiger partial charge on any atom is 0.237 e. The molecular weight excluding hydrogens is 414 g/mol. The predicted molar refractivity (Wildman–Crippen MR) is 123 cm³/mol. The van der Waals surface area contributed by atoms with Crippen molar-refractivity contribution in [2.24, 2.45) is 0 Å². The van der Waals surface area contributed by atoms with Crippen LogP contribution in [0.25, 0.3) is 0 Å². The molecule has 9 heteroatoms. The summed E-state index contributed by atoms with van der Waals surface area (Å²) >= 11 is 5.48. The lowest BCUT2D eigenvalue weighted by Gasteiger charge is -2.37. The molecule has 1 aromatic carbocycles. The van der Waals surface area contributed by atoms with Crippen molar-refractivity contribution in [1.29, 1.82) is 0 Å². The molecule has 168 valence electrons. The molecule has 3 aliphatic rings. The van der Waals surface area contributed by atoms with Crippen molar-refractivity contribution in [3.8, 4) is 5.75 Å². The van der Waals surface area contributed by atoms with Crippen LogP contribution < -0.4 is 20.7 Å². The van der Waals surface area contributed by atoms with E-state index in [0.717, 1.165) is 50.3 Å². The first-order chi connectivity index (χ1) is 15.0. The summed E-state index contributed by atoms with van der Waals surface area (Å²) in [4.78, 5) is 29.1. The fraction of sp³-hybridized carbons (Fsp3) is 0.591. The number of hydrogen-bond acceptors (Lipinski definition) is 5. The van der Waals surface area contributed by atoms with Crippen molar-refractivity contribution in [2.75, 3.05) is 38.6 Å². The fourth-order valence-electron chi connectivity index (χ4n) is 4.79. The Morgan fingerprint density at radius 1 is 1.26 bits per heavy atom. The molecule has 3 saturated heterocycles. The van der Waals surface area contributed by atoms with Gasteiger partial charge in [0.25, 0.3) is 0 Å². The smallest absolute Gasteiger partial charge is 0.237 e. The zero-order valence-corrected chi connectivity index (χ0v) is 18.7. The van der Waals surface area contributed by atoms with Crippen LogP contribution in [0.3, 0.4) is 0 Å². The number of nitrogens with one attached hydrogen (secondary N) is 3. The second-order valence-electron chi connectivity index (χ2n) is 8.50. The van der Waals surface area contributed by atoms with E-state index < -0.39 is 0 Å². The van der Waals surface area contributed by atoms with E-state index in [0.29, 0.717) is 24.5 Å². The minimum atomic E-state index is -0.165. The first-order valence-electron chi connectivity index (χ1n) is 11.1. The SMILES string of the molecule is COc1ccc(NC(=S)NC2CC3C(=O)NCC(CCC(=O)N4CCCC4)N3C2)cc1. The number of amides is 2. The van der Waals surface area contributed by atoms with Crippen molar-refractivity contribution in [3.05, 3.63) is 24.3 Å². The van der Waals surface area contributed by atoms with E-state index in [1.165, 1.54) is 0 Å². The van der Waals surface area contributed by atoms with Gasteiger partial charge in [-0.2, -0.15) is 0 Å². The maximum atomic E-state index is 12.4. The summed E-state index contributed by atoms with van der Waals surface area (Å²) in [6, 6.07) is 7.67. The van der Waals surface area contributed by atoms with Gasteiger partial charge in [0.15, 0.2) is 5.11 Å². The van der Waals surface area contributed by atoms with Crippen LogP contribution in [0.15, 0.2) is 24.3 Å². The standard InChI is InChI=1S/C22H31N5O3S/c1-30-18-7-4-15(5-8-18)24-22(31)25-16-12-19-21(29)23-13-17(27(19)14-16)6-9-20(28)26-10-2-3-11-26/h4-5,7-8,16-17,19H,2-3,6,9-14H2,1H3,(H,23,29)(H2,24,25,31). The van der Waals surface area contributed by atoms with Gasteiger partial charge >= 0.3 is 0 Å². The first kappa shape index (κ1) is 21.8. The van der Waals surface area contributed by atoms with Gasteiger partial charge in [0.2, 0.25) is 11.8 Å². The molecule has 3 aliphatic heterocycles. The van der Waals surface area contributed by atoms with E-state index in [1.54, 1.807) is 7.11 Å². The molecule has 0 bridgehead atoms. The highest BCUT2D eigenvalue weighted by molar-refractivity contribution is 7.80. The predicted octanol–water partition coefficient (Wildman–Crippen LogP) is 1.33. The molecule has 4 rings (SSSR count). The van der Waals surface area contributed by atoms with Crippen LogP contribution in [0.1, 0.15) is 32.1 Å². The Morgan fingerprint density at radius 3 is 2.71 bits per heavy atom. The van der Waals surface area contributed by atoms with E-state index in [-0.39, 0.29) is 29.9 Å². The molecule has 2 amide bonds. The number of nitrogens with zero attached hydrogens (tertiary/aromatic N) is 2. The number of carbonyl (C=O) groups excluding carboxylic acids is 2. The van der Waals surface area contributed by atoms with Crippen LogP contribution >= 0.6 is 12.2 Å². The number of carbonyl (C=O) groups is 2. The molecule has 0 spiro atoms. The summed E-state index contributed by atoms with van der Waals surface area (Å²) in [6.07, 6.45) is 4.23. The third kappa shape index (κ3) is 5.27. The molecule has 3 atom stereocenters. The summed E-state index contributed by atoms with van der Waals surface area (Å²) in [5.74, 6) is 1.10. The number of benzene rings is 1. The van der Waals surface area contributed by atoms with Gasteiger partial charge in [-0.15, -0.1) is 0 Å². The minimum absolute atomic E-state index is 0.0699. The summed E-state index contributed by atoms with van der Waals surface area (Å²) < 4.78 is 5.18. The zero-order valence-electron chi connectivity index (χ0n) is 17.9. The molecule has 0 radical (unpaired) electrons. The summed E-state index contributed by atoms with van der Waals surface area (Å²) in [5, 5.41) is 10.1. The second kappa shape index (κ2) is 9.82. The van der Waals surface area contributed by atoms with Crippen LogP contribution in [-0.2, 0) is 9.59 Å².